The number of hydrogen-bond acceptors (Lipinski definition) is 6. The summed E-state index contributed by atoms with van der Waals surface area (Å²) in [5, 5.41) is 10.3. The van der Waals surface area contributed by atoms with Crippen molar-refractivity contribution >= 4 is 29.4 Å². The summed E-state index contributed by atoms with van der Waals surface area (Å²) in [6, 6.07) is 3.72. The fraction of sp³-hybridized carbons (Fsp3) is 0.389. The van der Waals surface area contributed by atoms with Crippen LogP contribution in [-0.2, 0) is 7.05 Å². The summed E-state index contributed by atoms with van der Waals surface area (Å²) in [6.45, 7) is 5.64. The van der Waals surface area contributed by atoms with Gasteiger partial charge in [0, 0.05) is 7.05 Å². The first-order chi connectivity index (χ1) is 11.9. The summed E-state index contributed by atoms with van der Waals surface area (Å²) >= 11 is 0. The molecule has 3 aromatic rings. The molecule has 0 aliphatic heterocycles. The zero-order valence-corrected chi connectivity index (χ0v) is 16.0. The largest absolute Gasteiger partial charge is 0.458 e. The van der Waals surface area contributed by atoms with Crippen molar-refractivity contribution in [3.63, 3.8) is 0 Å². The van der Waals surface area contributed by atoms with Crippen LogP contribution in [0, 0.1) is 18.8 Å². The lowest BCUT2D eigenvalue weighted by atomic mass is 9.98. The van der Waals surface area contributed by atoms with Crippen LogP contribution in [0.2, 0.25) is 0 Å². The molecule has 26 heavy (non-hydrogen) atoms. The first kappa shape index (κ1) is 19.8. The molecule has 0 amide bonds. The van der Waals surface area contributed by atoms with Gasteiger partial charge in [0.15, 0.2) is 28.6 Å². The van der Waals surface area contributed by atoms with E-state index in [2.05, 4.69) is 26.8 Å². The summed E-state index contributed by atoms with van der Waals surface area (Å²) in [7, 11) is 1.83. The molecular weight excluding hydrogens is 354 g/mol. The van der Waals surface area contributed by atoms with Crippen molar-refractivity contribution in [2.75, 3.05) is 5.73 Å². The van der Waals surface area contributed by atoms with Crippen molar-refractivity contribution in [1.82, 2.24) is 19.5 Å². The first-order valence-corrected chi connectivity index (χ1v) is 8.19. The Morgan fingerprint density at radius 2 is 1.92 bits per heavy atom. The molecule has 0 bridgehead atoms. The second-order valence-corrected chi connectivity index (χ2v) is 6.00. The van der Waals surface area contributed by atoms with E-state index in [-0.39, 0.29) is 24.0 Å². The predicted octanol–water partition coefficient (Wildman–Crippen LogP) is 2.84. The number of furan rings is 1. The SMILES string of the molecule is CCC(O)(C#Cc1nc(N)c2nc(-c3ccc(C)o3)n(C)c2n1)CC.Cl. The normalized spacial score (nSPS) is 11.1. The Kier molecular flexibility index (Phi) is 5.59. The van der Waals surface area contributed by atoms with Crippen LogP contribution in [0.15, 0.2) is 16.5 Å². The molecule has 0 unspecified atom stereocenters. The Bertz CT molecular complexity index is 992. The topological polar surface area (TPSA) is 103 Å². The number of aliphatic hydroxyl groups is 1. The van der Waals surface area contributed by atoms with E-state index in [0.29, 0.717) is 35.6 Å². The van der Waals surface area contributed by atoms with E-state index >= 15 is 0 Å². The Labute approximate surface area is 158 Å². The number of nitrogen functional groups attached to an aromatic ring is 1. The van der Waals surface area contributed by atoms with Crippen molar-refractivity contribution in [2.45, 2.75) is 39.2 Å². The summed E-state index contributed by atoms with van der Waals surface area (Å²) < 4.78 is 7.43. The van der Waals surface area contributed by atoms with Crippen LogP contribution in [0.4, 0.5) is 5.82 Å². The van der Waals surface area contributed by atoms with Crippen LogP contribution in [0.1, 0.15) is 38.3 Å². The molecule has 0 radical (unpaired) electrons. The van der Waals surface area contributed by atoms with E-state index in [4.69, 9.17) is 10.2 Å². The Morgan fingerprint density at radius 1 is 1.23 bits per heavy atom. The fourth-order valence-electron chi connectivity index (χ4n) is 2.51. The summed E-state index contributed by atoms with van der Waals surface area (Å²) in [4.78, 5) is 13.1. The number of aromatic nitrogens is 4. The zero-order valence-electron chi connectivity index (χ0n) is 15.2. The lowest BCUT2D eigenvalue weighted by Gasteiger charge is -2.16. The van der Waals surface area contributed by atoms with Crippen molar-refractivity contribution in [2.24, 2.45) is 7.05 Å². The Hall–Kier alpha value is -2.56. The molecule has 0 aromatic carbocycles. The molecule has 138 valence electrons. The number of imidazole rings is 1. The number of nitrogens with zero attached hydrogens (tertiary/aromatic N) is 4. The maximum atomic E-state index is 10.3. The second kappa shape index (κ2) is 7.36. The van der Waals surface area contributed by atoms with Crippen molar-refractivity contribution in [3.8, 4) is 23.4 Å². The van der Waals surface area contributed by atoms with E-state index in [0.717, 1.165) is 5.76 Å². The van der Waals surface area contributed by atoms with Gasteiger partial charge in [0.05, 0.1) is 0 Å². The number of anilines is 1. The maximum Gasteiger partial charge on any atom is 0.209 e. The molecule has 0 aliphatic carbocycles. The first-order valence-electron chi connectivity index (χ1n) is 8.19. The van der Waals surface area contributed by atoms with Crippen molar-refractivity contribution < 1.29 is 9.52 Å². The molecule has 0 saturated carbocycles. The molecule has 8 heteroatoms. The van der Waals surface area contributed by atoms with E-state index in [1.165, 1.54) is 0 Å². The number of rotatable bonds is 3. The van der Waals surface area contributed by atoms with E-state index in [1.807, 2.05) is 40.0 Å². The molecule has 3 aromatic heterocycles. The van der Waals surface area contributed by atoms with Gasteiger partial charge in [-0.3, -0.25) is 0 Å². The quantitative estimate of drug-likeness (QED) is 0.682. The average molecular weight is 376 g/mol. The van der Waals surface area contributed by atoms with E-state index < -0.39 is 5.60 Å². The van der Waals surface area contributed by atoms with Gasteiger partial charge in [-0.25, -0.2) is 15.0 Å². The minimum Gasteiger partial charge on any atom is -0.458 e. The third kappa shape index (κ3) is 3.52. The van der Waals surface area contributed by atoms with Gasteiger partial charge in [0.25, 0.3) is 0 Å². The van der Waals surface area contributed by atoms with Gasteiger partial charge in [0.2, 0.25) is 5.82 Å². The van der Waals surface area contributed by atoms with Crippen LogP contribution in [0.5, 0.6) is 0 Å². The van der Waals surface area contributed by atoms with Gasteiger partial charge in [-0.05, 0) is 37.8 Å². The summed E-state index contributed by atoms with van der Waals surface area (Å²) in [6.07, 6.45) is 1.06. The molecule has 3 rings (SSSR count). The highest BCUT2D eigenvalue weighted by atomic mass is 35.5. The minimum atomic E-state index is -1.05. The smallest absolute Gasteiger partial charge is 0.209 e. The van der Waals surface area contributed by atoms with Gasteiger partial charge in [-0.1, -0.05) is 19.8 Å². The summed E-state index contributed by atoms with van der Waals surface area (Å²) in [5.41, 5.74) is 6.06. The second-order valence-electron chi connectivity index (χ2n) is 6.00. The third-order valence-electron chi connectivity index (χ3n) is 4.28. The molecule has 0 aliphatic rings. The molecule has 3 heterocycles. The number of aryl methyl sites for hydroxylation is 2. The van der Waals surface area contributed by atoms with Crippen LogP contribution >= 0.6 is 12.4 Å². The van der Waals surface area contributed by atoms with Crippen molar-refractivity contribution in [1.29, 1.82) is 0 Å². The highest BCUT2D eigenvalue weighted by Gasteiger charge is 2.19. The standard InChI is InChI=1S/C18H21N5O2.ClH/c1-5-18(24,6-2)10-9-13-20-15(19)14-17(21-13)23(4)16(22-14)12-8-7-11(3)25-12;/h7-8,24H,5-6H2,1-4H3,(H2,19,20,21);1H. The van der Waals surface area contributed by atoms with Gasteiger partial charge in [0.1, 0.15) is 11.4 Å². The molecule has 0 atom stereocenters. The lowest BCUT2D eigenvalue weighted by molar-refractivity contribution is 0.0931. The zero-order chi connectivity index (χ0) is 18.2. The number of nitrogens with two attached hydrogens (primary N) is 1. The highest BCUT2D eigenvalue weighted by molar-refractivity contribution is 5.85. The molecule has 7 nitrogen and oxygen atoms in total. The monoisotopic (exact) mass is 375 g/mol. The highest BCUT2D eigenvalue weighted by Crippen LogP contribution is 2.26. The Morgan fingerprint density at radius 3 is 2.50 bits per heavy atom. The van der Waals surface area contributed by atoms with Gasteiger partial charge < -0.3 is 19.8 Å². The molecule has 3 N–H and O–H groups in total. The molecule has 0 saturated heterocycles. The lowest BCUT2D eigenvalue weighted by Crippen LogP contribution is -2.23. The number of halogens is 1. The van der Waals surface area contributed by atoms with Crippen LogP contribution in [-0.4, -0.2) is 30.2 Å². The van der Waals surface area contributed by atoms with E-state index in [9.17, 15) is 5.11 Å². The number of fused-ring (bicyclic) bond motifs is 1. The van der Waals surface area contributed by atoms with Gasteiger partial charge >= 0.3 is 0 Å². The molecular formula is C18H22ClN5O2. The average Bonchev–Trinajstić information content (AvgIpc) is 3.17. The molecule has 0 fully saturated rings. The van der Waals surface area contributed by atoms with Gasteiger partial charge in [-0.2, -0.15) is 0 Å². The van der Waals surface area contributed by atoms with Crippen LogP contribution in [0.25, 0.3) is 22.7 Å². The minimum absolute atomic E-state index is 0. The molecule has 0 spiro atoms. The van der Waals surface area contributed by atoms with Crippen LogP contribution in [0.3, 0.4) is 0 Å². The summed E-state index contributed by atoms with van der Waals surface area (Å²) in [5.74, 6) is 8.23. The maximum absolute atomic E-state index is 10.3. The van der Waals surface area contributed by atoms with Crippen LogP contribution < -0.4 is 5.73 Å². The fourth-order valence-corrected chi connectivity index (χ4v) is 2.51. The van der Waals surface area contributed by atoms with Crippen molar-refractivity contribution in [3.05, 3.63) is 23.7 Å². The van der Waals surface area contributed by atoms with Gasteiger partial charge in [-0.15, -0.1) is 12.4 Å². The third-order valence-corrected chi connectivity index (χ3v) is 4.28. The van der Waals surface area contributed by atoms with E-state index in [1.54, 1.807) is 4.57 Å². The Balaban J connectivity index is 0.00000243. The predicted molar refractivity (Wildman–Crippen MR) is 103 cm³/mol. The number of hydrogen-bond donors (Lipinski definition) is 2.